The van der Waals surface area contributed by atoms with Crippen LogP contribution in [0.2, 0.25) is 0 Å². The third kappa shape index (κ3) is 5.25. The van der Waals surface area contributed by atoms with Crippen LogP contribution in [0.5, 0.6) is 0 Å². The van der Waals surface area contributed by atoms with Gasteiger partial charge in [0.15, 0.2) is 11.5 Å². The highest BCUT2D eigenvalue weighted by atomic mass is 19.4. The number of halogens is 3. The molecule has 8 nitrogen and oxygen atoms in total. The van der Waals surface area contributed by atoms with Gasteiger partial charge in [-0.25, -0.2) is 4.79 Å². The molecule has 11 heteroatoms. The van der Waals surface area contributed by atoms with Gasteiger partial charge in [-0.15, -0.1) is 0 Å². The van der Waals surface area contributed by atoms with E-state index in [1.165, 1.54) is 27.7 Å². The number of aryl methyl sites for hydroxylation is 2. The Bertz CT molecular complexity index is 1070. The maximum absolute atomic E-state index is 12.9. The van der Waals surface area contributed by atoms with Gasteiger partial charge in [0.2, 0.25) is 5.91 Å². The highest BCUT2D eigenvalue weighted by molar-refractivity contribution is 5.89. The minimum atomic E-state index is -4.42. The van der Waals surface area contributed by atoms with Crippen molar-refractivity contribution < 1.29 is 27.9 Å². The van der Waals surface area contributed by atoms with Gasteiger partial charge in [0.05, 0.1) is 12.1 Å². The summed E-state index contributed by atoms with van der Waals surface area (Å²) in [7, 11) is 0. The second-order valence-corrected chi connectivity index (χ2v) is 6.59. The number of amides is 1. The molecule has 158 valence electrons. The maximum Gasteiger partial charge on any atom is 0.416 e. The van der Waals surface area contributed by atoms with Crippen LogP contribution >= 0.6 is 0 Å². The van der Waals surface area contributed by atoms with Gasteiger partial charge in [0.1, 0.15) is 0 Å². The smallest absolute Gasteiger partial charge is 0.416 e. The lowest BCUT2D eigenvalue weighted by atomic mass is 10.1. The summed E-state index contributed by atoms with van der Waals surface area (Å²) in [6.45, 7) is 2.04. The number of hydrogen-bond donors (Lipinski definition) is 2. The third-order valence-corrected chi connectivity index (χ3v) is 4.26. The lowest BCUT2D eigenvalue weighted by Crippen LogP contribution is -2.15. The first-order valence-corrected chi connectivity index (χ1v) is 8.89. The molecule has 0 fully saturated rings. The van der Waals surface area contributed by atoms with Crippen LogP contribution in [0.15, 0.2) is 42.6 Å². The molecular weight excluding hydrogens is 403 g/mol. The number of anilines is 1. The zero-order valence-electron chi connectivity index (χ0n) is 15.8. The second-order valence-electron chi connectivity index (χ2n) is 6.59. The third-order valence-electron chi connectivity index (χ3n) is 4.26. The molecule has 0 atom stereocenters. The summed E-state index contributed by atoms with van der Waals surface area (Å²) in [5, 5.41) is 19.5. The molecule has 2 aromatic heterocycles. The van der Waals surface area contributed by atoms with E-state index in [1.807, 2.05) is 0 Å². The molecule has 1 aromatic carbocycles. The van der Waals surface area contributed by atoms with Crippen LogP contribution in [0.4, 0.5) is 19.0 Å². The molecule has 0 aliphatic heterocycles. The zero-order chi connectivity index (χ0) is 21.9. The fraction of sp³-hybridized carbons (Fsp3) is 0.263. The molecule has 0 radical (unpaired) electrons. The largest absolute Gasteiger partial charge is 0.476 e. The number of nitrogens with one attached hydrogen (secondary N) is 1. The van der Waals surface area contributed by atoms with E-state index in [9.17, 15) is 22.8 Å². The Morgan fingerprint density at radius 3 is 2.60 bits per heavy atom. The minimum Gasteiger partial charge on any atom is -0.476 e. The van der Waals surface area contributed by atoms with Crippen LogP contribution in [0.25, 0.3) is 0 Å². The molecule has 1 amide bonds. The average molecular weight is 421 g/mol. The van der Waals surface area contributed by atoms with Crippen LogP contribution in [0.3, 0.4) is 0 Å². The number of carbonyl (C=O) groups is 2. The summed E-state index contributed by atoms with van der Waals surface area (Å²) < 4.78 is 41.4. The molecule has 2 N–H and O–H groups in total. The number of carboxylic acid groups (broad SMARTS) is 1. The lowest BCUT2D eigenvalue weighted by Gasteiger charge is -2.09. The van der Waals surface area contributed by atoms with Gasteiger partial charge in [0, 0.05) is 30.9 Å². The van der Waals surface area contributed by atoms with Crippen LogP contribution in [0.1, 0.15) is 33.7 Å². The topological polar surface area (TPSA) is 102 Å². The number of hydrogen-bond acceptors (Lipinski definition) is 4. The SMILES string of the molecule is Cc1cc(NC(=O)CCn2ccc(C(=O)O)n2)nn1Cc1cccc(C(F)(F)F)c1. The van der Waals surface area contributed by atoms with E-state index in [0.717, 1.165) is 12.1 Å². The first-order valence-electron chi connectivity index (χ1n) is 8.89. The number of carbonyl (C=O) groups excluding carboxylic acids is 1. The van der Waals surface area contributed by atoms with Gasteiger partial charge in [-0.05, 0) is 30.7 Å². The summed E-state index contributed by atoms with van der Waals surface area (Å²) >= 11 is 0. The number of rotatable bonds is 7. The molecular formula is C19H18F3N5O3. The van der Waals surface area contributed by atoms with E-state index in [0.29, 0.717) is 11.3 Å². The Morgan fingerprint density at radius 2 is 1.93 bits per heavy atom. The highest BCUT2D eigenvalue weighted by Gasteiger charge is 2.30. The van der Waals surface area contributed by atoms with E-state index in [4.69, 9.17) is 5.11 Å². The van der Waals surface area contributed by atoms with E-state index in [1.54, 1.807) is 19.1 Å². The van der Waals surface area contributed by atoms with Gasteiger partial charge in [-0.3, -0.25) is 14.2 Å². The summed E-state index contributed by atoms with van der Waals surface area (Å²) in [4.78, 5) is 22.9. The van der Waals surface area contributed by atoms with Gasteiger partial charge in [-0.1, -0.05) is 12.1 Å². The molecule has 0 spiro atoms. The van der Waals surface area contributed by atoms with Crippen LogP contribution < -0.4 is 5.32 Å². The quantitative estimate of drug-likeness (QED) is 0.610. The summed E-state index contributed by atoms with van der Waals surface area (Å²) in [6, 6.07) is 7.93. The van der Waals surface area contributed by atoms with Crippen LogP contribution in [-0.2, 0) is 24.1 Å². The molecule has 30 heavy (non-hydrogen) atoms. The van der Waals surface area contributed by atoms with E-state index in [-0.39, 0.29) is 36.9 Å². The number of aromatic carboxylic acids is 1. The molecule has 0 unspecified atom stereocenters. The van der Waals surface area contributed by atoms with E-state index < -0.39 is 17.7 Å². The first kappa shape index (κ1) is 21.1. The number of carboxylic acids is 1. The minimum absolute atomic E-state index is 0.0419. The van der Waals surface area contributed by atoms with Crippen LogP contribution in [0, 0.1) is 6.92 Å². The Morgan fingerprint density at radius 1 is 1.17 bits per heavy atom. The van der Waals surface area contributed by atoms with E-state index >= 15 is 0 Å². The Kier molecular flexibility index (Phi) is 5.90. The van der Waals surface area contributed by atoms with Crippen molar-refractivity contribution in [2.24, 2.45) is 0 Å². The van der Waals surface area contributed by atoms with Gasteiger partial charge in [0.25, 0.3) is 0 Å². The first-order chi connectivity index (χ1) is 14.1. The van der Waals surface area contributed by atoms with Crippen molar-refractivity contribution in [3.63, 3.8) is 0 Å². The summed E-state index contributed by atoms with van der Waals surface area (Å²) in [5.41, 5.74) is 0.255. The zero-order valence-corrected chi connectivity index (χ0v) is 15.8. The van der Waals surface area contributed by atoms with E-state index in [2.05, 4.69) is 15.5 Å². The fourth-order valence-electron chi connectivity index (χ4n) is 2.77. The van der Waals surface area contributed by atoms with Crippen LogP contribution in [-0.4, -0.2) is 36.5 Å². The standard InChI is InChI=1S/C19H18F3N5O3/c1-12-9-16(23-17(28)6-8-26-7-5-15(24-26)18(29)30)25-27(12)11-13-3-2-4-14(10-13)19(20,21)22/h2-5,7,9-10H,6,8,11H2,1H3,(H,29,30)(H,23,25,28). The monoisotopic (exact) mass is 421 g/mol. The molecule has 2 heterocycles. The number of aromatic nitrogens is 4. The van der Waals surface area contributed by atoms with Crippen molar-refractivity contribution in [1.29, 1.82) is 0 Å². The molecule has 0 saturated heterocycles. The molecule has 0 saturated carbocycles. The molecule has 0 aliphatic carbocycles. The second kappa shape index (κ2) is 8.39. The summed E-state index contributed by atoms with van der Waals surface area (Å²) in [5.74, 6) is -1.23. The van der Waals surface area contributed by atoms with Crippen molar-refractivity contribution in [3.8, 4) is 0 Å². The van der Waals surface area contributed by atoms with Crippen molar-refractivity contribution in [3.05, 3.63) is 65.1 Å². The predicted octanol–water partition coefficient (Wildman–Crippen LogP) is 3.18. The predicted molar refractivity (Wildman–Crippen MR) is 99.9 cm³/mol. The van der Waals surface area contributed by atoms with Crippen molar-refractivity contribution in [2.45, 2.75) is 32.6 Å². The Balaban J connectivity index is 1.60. The molecule has 0 bridgehead atoms. The van der Waals surface area contributed by atoms with Gasteiger partial charge >= 0.3 is 12.1 Å². The number of nitrogens with zero attached hydrogens (tertiary/aromatic N) is 4. The normalized spacial score (nSPS) is 11.5. The maximum atomic E-state index is 12.9. The average Bonchev–Trinajstić information content (AvgIpc) is 3.27. The van der Waals surface area contributed by atoms with Crippen molar-refractivity contribution in [2.75, 3.05) is 5.32 Å². The van der Waals surface area contributed by atoms with Crippen molar-refractivity contribution >= 4 is 17.7 Å². The lowest BCUT2D eigenvalue weighted by molar-refractivity contribution is -0.137. The van der Waals surface area contributed by atoms with Crippen molar-refractivity contribution in [1.82, 2.24) is 19.6 Å². The molecule has 3 rings (SSSR count). The molecule has 3 aromatic rings. The number of benzene rings is 1. The number of alkyl halides is 3. The Labute approximate surface area is 168 Å². The fourth-order valence-corrected chi connectivity index (χ4v) is 2.77. The summed E-state index contributed by atoms with van der Waals surface area (Å²) in [6.07, 6.45) is -2.92. The van der Waals surface area contributed by atoms with Gasteiger partial charge < -0.3 is 10.4 Å². The Hall–Kier alpha value is -3.63. The highest BCUT2D eigenvalue weighted by Crippen LogP contribution is 2.29. The van der Waals surface area contributed by atoms with Gasteiger partial charge in [-0.2, -0.15) is 23.4 Å². The molecule has 0 aliphatic rings.